The number of fused-ring (bicyclic) bond motifs is 1. The molecule has 0 spiro atoms. The number of hydrogen-bond acceptors (Lipinski definition) is 4. The van der Waals surface area contributed by atoms with Gasteiger partial charge in [-0.25, -0.2) is 4.39 Å². The Morgan fingerprint density at radius 2 is 1.68 bits per heavy atom. The molecular weight excluding hydrogens is 467 g/mol. The Labute approximate surface area is 212 Å². The number of nitrogens with zero attached hydrogens (tertiary/aromatic N) is 2. The van der Waals surface area contributed by atoms with Crippen molar-refractivity contribution in [1.82, 2.24) is 20.2 Å². The maximum atomic E-state index is 14.2. The molecule has 6 nitrogen and oxygen atoms in total. The number of aromatic nitrogens is 4. The van der Waals surface area contributed by atoms with Crippen LogP contribution in [0.4, 0.5) is 4.39 Å². The van der Waals surface area contributed by atoms with Gasteiger partial charge in [0.1, 0.15) is 29.6 Å². The average molecular weight is 491 g/mol. The van der Waals surface area contributed by atoms with Crippen molar-refractivity contribution >= 4 is 10.9 Å². The van der Waals surface area contributed by atoms with Gasteiger partial charge in [-0.05, 0) is 53.1 Å². The number of hydrogen-bond donors (Lipinski definition) is 2. The molecule has 0 fully saturated rings. The summed E-state index contributed by atoms with van der Waals surface area (Å²) in [6.07, 6.45) is 3.47. The molecule has 7 heteroatoms. The van der Waals surface area contributed by atoms with Crippen LogP contribution in [0.1, 0.15) is 5.56 Å². The third-order valence-corrected chi connectivity index (χ3v) is 6.21. The maximum Gasteiger partial charge on any atom is 0.138 e. The van der Waals surface area contributed by atoms with Gasteiger partial charge >= 0.3 is 0 Å². The fourth-order valence-corrected chi connectivity index (χ4v) is 4.37. The summed E-state index contributed by atoms with van der Waals surface area (Å²) in [5.41, 5.74) is 6.96. The molecule has 0 aliphatic rings. The van der Waals surface area contributed by atoms with Gasteiger partial charge in [0.15, 0.2) is 0 Å². The summed E-state index contributed by atoms with van der Waals surface area (Å²) < 4.78 is 25.4. The predicted octanol–water partition coefficient (Wildman–Crippen LogP) is 7.01. The molecule has 0 radical (unpaired) electrons. The molecule has 6 rings (SSSR count). The van der Waals surface area contributed by atoms with Crippen LogP contribution in [0.15, 0.2) is 97.3 Å². The van der Waals surface area contributed by atoms with Gasteiger partial charge in [-0.3, -0.25) is 10.1 Å². The largest absolute Gasteiger partial charge is 0.497 e. The molecule has 0 amide bonds. The van der Waals surface area contributed by atoms with Crippen LogP contribution >= 0.6 is 0 Å². The van der Waals surface area contributed by atoms with Gasteiger partial charge in [-0.15, -0.1) is 0 Å². The standard InChI is InChI=1S/C30H23FN4O2/c1-36-23-11-20(10-22(31)13-23)25-8-5-9-27-26(25)14-29(33-27)30-15-28(34-35-30)21-12-24(17-32-16-21)37-18-19-6-3-2-4-7-19/h2-17,33H,18H2,1H3,(H,34,35). The van der Waals surface area contributed by atoms with Crippen molar-refractivity contribution in [2.75, 3.05) is 7.11 Å². The van der Waals surface area contributed by atoms with Crippen LogP contribution < -0.4 is 9.47 Å². The van der Waals surface area contributed by atoms with E-state index < -0.39 is 0 Å². The summed E-state index contributed by atoms with van der Waals surface area (Å²) in [4.78, 5) is 7.77. The van der Waals surface area contributed by atoms with Crippen molar-refractivity contribution < 1.29 is 13.9 Å². The summed E-state index contributed by atoms with van der Waals surface area (Å²) in [5.74, 6) is 0.809. The molecule has 3 aromatic heterocycles. The zero-order chi connectivity index (χ0) is 25.2. The fourth-order valence-electron chi connectivity index (χ4n) is 4.37. The van der Waals surface area contributed by atoms with E-state index in [0.29, 0.717) is 18.1 Å². The first kappa shape index (κ1) is 22.5. The average Bonchev–Trinajstić information content (AvgIpc) is 3.60. The monoisotopic (exact) mass is 490 g/mol. The number of nitrogens with one attached hydrogen (secondary N) is 2. The highest BCUT2D eigenvalue weighted by atomic mass is 19.1. The van der Waals surface area contributed by atoms with Gasteiger partial charge in [0.2, 0.25) is 0 Å². The molecule has 0 aliphatic carbocycles. The zero-order valence-electron chi connectivity index (χ0n) is 20.0. The zero-order valence-corrected chi connectivity index (χ0v) is 20.0. The molecule has 2 N–H and O–H groups in total. The van der Waals surface area contributed by atoms with Gasteiger partial charge in [0.25, 0.3) is 0 Å². The van der Waals surface area contributed by atoms with Gasteiger partial charge in [-0.1, -0.05) is 42.5 Å². The minimum absolute atomic E-state index is 0.345. The lowest BCUT2D eigenvalue weighted by molar-refractivity contribution is 0.305. The summed E-state index contributed by atoms with van der Waals surface area (Å²) in [5, 5.41) is 8.59. The molecule has 0 aliphatic heterocycles. The van der Waals surface area contributed by atoms with Crippen LogP contribution in [0.2, 0.25) is 0 Å². The number of pyridine rings is 1. The molecule has 3 aromatic carbocycles. The molecule has 0 bridgehead atoms. The lowest BCUT2D eigenvalue weighted by atomic mass is 10.0. The Kier molecular flexibility index (Phi) is 5.86. The predicted molar refractivity (Wildman–Crippen MR) is 142 cm³/mol. The Morgan fingerprint density at radius 3 is 2.54 bits per heavy atom. The second-order valence-electron chi connectivity index (χ2n) is 8.68. The number of rotatable bonds is 7. The van der Waals surface area contributed by atoms with Crippen molar-refractivity contribution in [2.24, 2.45) is 0 Å². The van der Waals surface area contributed by atoms with E-state index in [9.17, 15) is 4.39 Å². The first-order valence-electron chi connectivity index (χ1n) is 11.8. The van der Waals surface area contributed by atoms with Crippen LogP contribution in [-0.4, -0.2) is 27.3 Å². The van der Waals surface area contributed by atoms with Crippen molar-refractivity contribution in [1.29, 1.82) is 0 Å². The number of H-pyrrole nitrogens is 2. The van der Waals surface area contributed by atoms with E-state index in [1.807, 2.05) is 72.8 Å². The van der Waals surface area contributed by atoms with E-state index in [1.165, 1.54) is 19.2 Å². The van der Waals surface area contributed by atoms with Crippen LogP contribution in [0.5, 0.6) is 11.5 Å². The summed E-state index contributed by atoms with van der Waals surface area (Å²) in [7, 11) is 1.53. The van der Waals surface area contributed by atoms with E-state index in [1.54, 1.807) is 12.4 Å². The third kappa shape index (κ3) is 4.67. The molecule has 37 heavy (non-hydrogen) atoms. The number of benzene rings is 3. The van der Waals surface area contributed by atoms with Crippen LogP contribution in [0.25, 0.3) is 44.7 Å². The molecule has 3 heterocycles. The highest BCUT2D eigenvalue weighted by Crippen LogP contribution is 2.34. The fraction of sp³-hybridized carbons (Fsp3) is 0.0667. The minimum Gasteiger partial charge on any atom is -0.497 e. The molecule has 0 atom stereocenters. The highest BCUT2D eigenvalue weighted by molar-refractivity contribution is 5.98. The lowest BCUT2D eigenvalue weighted by Gasteiger charge is -2.07. The van der Waals surface area contributed by atoms with Crippen molar-refractivity contribution in [3.05, 3.63) is 109 Å². The smallest absolute Gasteiger partial charge is 0.138 e. The van der Waals surface area contributed by atoms with Crippen molar-refractivity contribution in [2.45, 2.75) is 6.61 Å². The number of ether oxygens (including phenoxy) is 2. The first-order valence-corrected chi connectivity index (χ1v) is 11.8. The number of halogens is 1. The lowest BCUT2D eigenvalue weighted by Crippen LogP contribution is -1.95. The molecule has 182 valence electrons. The molecule has 6 aromatic rings. The first-order chi connectivity index (χ1) is 18.2. The number of methoxy groups -OCH3 is 1. The van der Waals surface area contributed by atoms with Crippen molar-refractivity contribution in [3.63, 3.8) is 0 Å². The SMILES string of the molecule is COc1cc(F)cc(-c2cccc3[nH]c(-c4cc(-c5cncc(OCc6ccccc6)c5)[nH]n4)cc23)c1. The van der Waals surface area contributed by atoms with E-state index in [0.717, 1.165) is 50.2 Å². The normalized spacial score (nSPS) is 11.1. The second-order valence-corrected chi connectivity index (χ2v) is 8.68. The quantitative estimate of drug-likeness (QED) is 0.252. The maximum absolute atomic E-state index is 14.2. The van der Waals surface area contributed by atoms with Gasteiger partial charge in [0.05, 0.1) is 24.7 Å². The van der Waals surface area contributed by atoms with Gasteiger partial charge in [0, 0.05) is 28.7 Å². The Bertz CT molecular complexity index is 1690. The second kappa shape index (κ2) is 9.62. The Hall–Kier alpha value is -4.91. The highest BCUT2D eigenvalue weighted by Gasteiger charge is 2.13. The van der Waals surface area contributed by atoms with Crippen LogP contribution in [0.3, 0.4) is 0 Å². The van der Waals surface area contributed by atoms with E-state index in [-0.39, 0.29) is 5.82 Å². The van der Waals surface area contributed by atoms with E-state index in [2.05, 4.69) is 20.2 Å². The molecule has 0 unspecified atom stereocenters. The Morgan fingerprint density at radius 1 is 0.811 bits per heavy atom. The summed E-state index contributed by atoms with van der Waals surface area (Å²) in [6, 6.07) is 26.5. The van der Waals surface area contributed by atoms with Gasteiger partial charge < -0.3 is 14.5 Å². The van der Waals surface area contributed by atoms with Crippen molar-refractivity contribution in [3.8, 4) is 45.3 Å². The molecule has 0 saturated carbocycles. The molecular formula is C30H23FN4O2. The Balaban J connectivity index is 1.29. The summed E-state index contributed by atoms with van der Waals surface area (Å²) >= 11 is 0. The van der Waals surface area contributed by atoms with Crippen LogP contribution in [-0.2, 0) is 6.61 Å². The van der Waals surface area contributed by atoms with Crippen LogP contribution in [0, 0.1) is 5.82 Å². The third-order valence-electron chi connectivity index (χ3n) is 6.21. The number of aromatic amines is 2. The molecule has 0 saturated heterocycles. The van der Waals surface area contributed by atoms with E-state index >= 15 is 0 Å². The van der Waals surface area contributed by atoms with E-state index in [4.69, 9.17) is 9.47 Å². The summed E-state index contributed by atoms with van der Waals surface area (Å²) in [6.45, 7) is 0.467. The van der Waals surface area contributed by atoms with Gasteiger partial charge in [-0.2, -0.15) is 5.10 Å². The topological polar surface area (TPSA) is 75.8 Å². The minimum atomic E-state index is -0.345.